The van der Waals surface area contributed by atoms with E-state index in [1.807, 2.05) is 0 Å². The second kappa shape index (κ2) is 12.3. The van der Waals surface area contributed by atoms with Crippen LogP contribution in [0, 0.1) is 23.6 Å². The average Bonchev–Trinajstić information content (AvgIpc) is 3.72. The lowest BCUT2D eigenvalue weighted by molar-refractivity contribution is -0.137. The Labute approximate surface area is 257 Å². The Bertz CT molecular complexity index is 1760. The number of fused-ring (bicyclic) bond motifs is 2. The minimum absolute atomic E-state index is 0.0526. The van der Waals surface area contributed by atoms with Crippen molar-refractivity contribution in [1.82, 2.24) is 15.5 Å². The van der Waals surface area contributed by atoms with Gasteiger partial charge in [0.2, 0.25) is 5.91 Å². The number of nitrogens with zero attached hydrogens (tertiary/aromatic N) is 2. The van der Waals surface area contributed by atoms with Gasteiger partial charge < -0.3 is 20.5 Å². The highest BCUT2D eigenvalue weighted by atomic mass is 32.2. The quantitative estimate of drug-likeness (QED) is 0.265. The fourth-order valence-electron chi connectivity index (χ4n) is 5.95. The minimum Gasteiger partial charge on any atom is -0.496 e. The van der Waals surface area contributed by atoms with Crippen LogP contribution in [-0.4, -0.2) is 60.2 Å². The molecule has 0 spiro atoms. The summed E-state index contributed by atoms with van der Waals surface area (Å²) in [4.78, 5) is 36.9. The number of alkyl halides is 3. The van der Waals surface area contributed by atoms with Crippen molar-refractivity contribution < 1.29 is 50.2 Å². The van der Waals surface area contributed by atoms with Crippen LogP contribution < -0.4 is 15.4 Å². The molecule has 4 atom stereocenters. The number of hydrogen-bond acceptors (Lipinski definition) is 9. The number of hydrogen-bond donors (Lipinski definition) is 3. The van der Waals surface area contributed by atoms with Crippen LogP contribution in [0.1, 0.15) is 41.0 Å². The Morgan fingerprint density at radius 2 is 1.84 bits per heavy atom. The van der Waals surface area contributed by atoms with Gasteiger partial charge in [-0.3, -0.25) is 14.4 Å². The topological polar surface area (TPSA) is 165 Å². The summed E-state index contributed by atoms with van der Waals surface area (Å²) in [6.07, 6.45) is 1.91. The van der Waals surface area contributed by atoms with E-state index in [-0.39, 0.29) is 52.2 Å². The van der Waals surface area contributed by atoms with Crippen LogP contribution in [0.15, 0.2) is 41.3 Å². The summed E-state index contributed by atoms with van der Waals surface area (Å²) >= 11 is 0.977. The van der Waals surface area contributed by atoms with Gasteiger partial charge in [-0.05, 0) is 55.4 Å². The van der Waals surface area contributed by atoms with Crippen LogP contribution in [0.3, 0.4) is 0 Å². The molecule has 3 N–H and O–H groups in total. The molecule has 2 bridgehead atoms. The van der Waals surface area contributed by atoms with Gasteiger partial charge in [-0.15, -0.1) is 10.2 Å². The number of nitrogens with one attached hydrogen (secondary N) is 2. The molecule has 2 aliphatic carbocycles. The lowest BCUT2D eigenvalue weighted by atomic mass is 9.83. The summed E-state index contributed by atoms with van der Waals surface area (Å²) in [6.45, 7) is 0. The first-order valence-corrected chi connectivity index (χ1v) is 15.9. The van der Waals surface area contributed by atoms with Crippen LogP contribution in [0.25, 0.3) is 10.6 Å². The number of halogens is 4. The number of methoxy groups -OCH3 is 1. The second-order valence-electron chi connectivity index (χ2n) is 10.8. The number of carbonyl (C=O) groups is 3. The first kappa shape index (κ1) is 32.3. The van der Waals surface area contributed by atoms with Gasteiger partial charge in [0.05, 0.1) is 29.9 Å². The highest BCUT2D eigenvalue weighted by Gasteiger charge is 2.52. The number of sulfone groups is 1. The molecule has 2 aromatic carbocycles. The number of ether oxygens (including phenoxy) is 1. The molecule has 2 saturated carbocycles. The van der Waals surface area contributed by atoms with Crippen LogP contribution in [0.5, 0.6) is 5.75 Å². The molecule has 45 heavy (non-hydrogen) atoms. The molecule has 17 heteroatoms. The van der Waals surface area contributed by atoms with E-state index in [0.717, 1.165) is 35.6 Å². The third-order valence-corrected chi connectivity index (χ3v) is 10.5. The average molecular weight is 671 g/mol. The number of aromatic nitrogens is 2. The van der Waals surface area contributed by atoms with Crippen LogP contribution in [0.2, 0.25) is 0 Å². The van der Waals surface area contributed by atoms with Crippen molar-refractivity contribution >= 4 is 44.6 Å². The fraction of sp³-hybridized carbons (Fsp3) is 0.393. The number of rotatable bonds is 10. The van der Waals surface area contributed by atoms with E-state index in [4.69, 9.17) is 9.84 Å². The molecule has 2 fully saturated rings. The van der Waals surface area contributed by atoms with Crippen LogP contribution in [0.4, 0.5) is 23.2 Å². The number of carbonyl (C=O) groups excluding carboxylic acids is 2. The normalized spacial score (nSPS) is 21.0. The molecule has 0 unspecified atom stereocenters. The fourth-order valence-corrected chi connectivity index (χ4v) is 7.61. The smallest absolute Gasteiger partial charge is 0.496 e. The molecule has 1 aromatic heterocycles. The van der Waals surface area contributed by atoms with Gasteiger partial charge >= 0.3 is 11.5 Å². The second-order valence-corrected chi connectivity index (χ2v) is 13.8. The van der Waals surface area contributed by atoms with Gasteiger partial charge in [-0.2, -0.15) is 13.2 Å². The number of carboxylic acids is 1. The molecule has 2 aliphatic rings. The predicted octanol–water partition coefficient (Wildman–Crippen LogP) is 4.45. The van der Waals surface area contributed by atoms with Crippen molar-refractivity contribution in [2.45, 2.75) is 48.5 Å². The first-order chi connectivity index (χ1) is 21.2. The summed E-state index contributed by atoms with van der Waals surface area (Å²) in [7, 11) is -4.39. The van der Waals surface area contributed by atoms with Crippen molar-refractivity contribution in [3.8, 4) is 16.3 Å². The summed E-state index contributed by atoms with van der Waals surface area (Å²) in [5.41, 5.74) is -5.78. The number of aryl methyl sites for hydroxylation is 1. The zero-order valence-corrected chi connectivity index (χ0v) is 25.1. The molecule has 0 radical (unpaired) electrons. The maximum absolute atomic E-state index is 15.0. The Morgan fingerprint density at radius 1 is 1.11 bits per heavy atom. The molecule has 2 amide bonds. The Hall–Kier alpha value is -4.12. The Morgan fingerprint density at radius 3 is 2.53 bits per heavy atom. The van der Waals surface area contributed by atoms with E-state index >= 15 is 4.39 Å². The van der Waals surface area contributed by atoms with Crippen LogP contribution in [-0.2, 0) is 25.8 Å². The van der Waals surface area contributed by atoms with E-state index in [9.17, 15) is 36.0 Å². The number of aliphatic carboxylic acids is 1. The van der Waals surface area contributed by atoms with E-state index < -0.39 is 55.8 Å². The van der Waals surface area contributed by atoms with Gasteiger partial charge in [0.25, 0.3) is 15.7 Å². The highest BCUT2D eigenvalue weighted by molar-refractivity contribution is 7.92. The number of benzene rings is 2. The maximum Gasteiger partial charge on any atom is 0.501 e. The zero-order valence-electron chi connectivity index (χ0n) is 23.4. The number of anilines is 1. The molecule has 0 aliphatic heterocycles. The number of carboxylic acid groups (broad SMARTS) is 1. The molecular weight excluding hydrogens is 644 g/mol. The molecular formula is C28H26F4N4O7S2. The number of amides is 2. The Kier molecular flexibility index (Phi) is 8.86. The lowest BCUT2D eigenvalue weighted by Crippen LogP contribution is -2.48. The Balaban J connectivity index is 1.37. The summed E-state index contributed by atoms with van der Waals surface area (Å²) in [6, 6.07) is 5.42. The van der Waals surface area contributed by atoms with Gasteiger partial charge in [0.15, 0.2) is 5.01 Å². The first-order valence-electron chi connectivity index (χ1n) is 13.6. The van der Waals surface area contributed by atoms with Crippen molar-refractivity contribution in [3.63, 3.8) is 0 Å². The van der Waals surface area contributed by atoms with E-state index in [2.05, 4.69) is 20.8 Å². The van der Waals surface area contributed by atoms with Crippen molar-refractivity contribution in [2.75, 3.05) is 12.4 Å². The molecule has 5 rings (SSSR count). The van der Waals surface area contributed by atoms with E-state index in [1.165, 1.54) is 19.2 Å². The largest absolute Gasteiger partial charge is 0.501 e. The van der Waals surface area contributed by atoms with Gasteiger partial charge in [0, 0.05) is 29.8 Å². The summed E-state index contributed by atoms with van der Waals surface area (Å²) in [5, 5.41) is 22.6. The van der Waals surface area contributed by atoms with E-state index in [1.54, 1.807) is 0 Å². The third kappa shape index (κ3) is 6.49. The minimum atomic E-state index is -5.64. The van der Waals surface area contributed by atoms with E-state index in [0.29, 0.717) is 24.3 Å². The van der Waals surface area contributed by atoms with Gasteiger partial charge in [0.1, 0.15) is 16.6 Å². The van der Waals surface area contributed by atoms with Crippen molar-refractivity contribution in [2.24, 2.45) is 17.8 Å². The molecule has 1 heterocycles. The lowest BCUT2D eigenvalue weighted by Gasteiger charge is -2.31. The van der Waals surface area contributed by atoms with Crippen molar-refractivity contribution in [1.29, 1.82) is 0 Å². The zero-order chi connectivity index (χ0) is 32.7. The predicted molar refractivity (Wildman–Crippen MR) is 152 cm³/mol. The SMILES string of the molecule is COc1cc(F)c(-c2nnc(CCC(=O)O)s2)cc1C(=O)N[C@@H]1[C@H]2CC[C@H](C2)[C@@H]1C(=O)Nc1cccc(S(=O)(=O)C(F)(F)F)c1. The van der Waals surface area contributed by atoms with Crippen LogP contribution >= 0.6 is 11.3 Å². The molecule has 0 saturated heterocycles. The monoisotopic (exact) mass is 670 g/mol. The van der Waals surface area contributed by atoms with Gasteiger partial charge in [-0.1, -0.05) is 17.4 Å². The summed E-state index contributed by atoms with van der Waals surface area (Å²) < 4.78 is 83.2. The molecule has 11 nitrogen and oxygen atoms in total. The highest BCUT2D eigenvalue weighted by Crippen LogP contribution is 2.49. The third-order valence-electron chi connectivity index (χ3n) is 8.02. The molecule has 3 aromatic rings. The summed E-state index contributed by atoms with van der Waals surface area (Å²) in [5.74, 6) is -4.14. The van der Waals surface area contributed by atoms with Crippen molar-refractivity contribution in [3.05, 3.63) is 52.8 Å². The molecule has 240 valence electrons. The standard InChI is InChI=1S/C28H26F4N4O7S2/c1-43-20-12-19(29)17(27-36-35-21(44-27)7-8-22(37)38)11-18(20)25(39)34-24-14-6-5-13(9-14)23(24)26(40)33-15-3-2-4-16(10-15)45(41,42)28(30,31)32/h2-4,10-14,23-24H,5-9H2,1H3,(H,33,40)(H,34,39)(H,37,38)/t13-,14+,23+,24-/m1/s1. The maximum atomic E-state index is 15.0. The van der Waals surface area contributed by atoms with Gasteiger partial charge in [-0.25, -0.2) is 12.8 Å².